The lowest BCUT2D eigenvalue weighted by Gasteiger charge is -2.15. The van der Waals surface area contributed by atoms with Crippen LogP contribution in [0, 0.1) is 0 Å². The van der Waals surface area contributed by atoms with Gasteiger partial charge < -0.3 is 10.6 Å². The Bertz CT molecular complexity index is 438. The van der Waals surface area contributed by atoms with Crippen molar-refractivity contribution < 1.29 is 9.59 Å². The van der Waals surface area contributed by atoms with Gasteiger partial charge >= 0.3 is 11.8 Å². The molecule has 0 spiro atoms. The molecule has 4 nitrogen and oxygen atoms in total. The Labute approximate surface area is 114 Å². The van der Waals surface area contributed by atoms with Gasteiger partial charge in [-0.3, -0.25) is 9.59 Å². The summed E-state index contributed by atoms with van der Waals surface area (Å²) in [4.78, 5) is 23.2. The minimum Gasteiger partial charge on any atom is -0.346 e. The van der Waals surface area contributed by atoms with E-state index in [0.717, 1.165) is 12.0 Å². The van der Waals surface area contributed by atoms with E-state index in [1.807, 2.05) is 45.0 Å². The van der Waals surface area contributed by atoms with E-state index in [1.54, 1.807) is 0 Å². The van der Waals surface area contributed by atoms with E-state index in [0.29, 0.717) is 0 Å². The second-order valence-corrected chi connectivity index (χ2v) is 4.92. The molecule has 2 N–H and O–H groups in total. The van der Waals surface area contributed by atoms with Crippen molar-refractivity contribution in [2.24, 2.45) is 0 Å². The van der Waals surface area contributed by atoms with Gasteiger partial charge in [-0.1, -0.05) is 31.2 Å². The van der Waals surface area contributed by atoms with E-state index in [2.05, 4.69) is 17.6 Å². The van der Waals surface area contributed by atoms with Crippen LogP contribution >= 0.6 is 0 Å². The summed E-state index contributed by atoms with van der Waals surface area (Å²) in [6, 6.07) is 7.79. The predicted octanol–water partition coefficient (Wildman–Crippen LogP) is 1.95. The maximum atomic E-state index is 11.7. The average molecular weight is 262 g/mol. The van der Waals surface area contributed by atoms with Gasteiger partial charge in [-0.2, -0.15) is 0 Å². The maximum absolute atomic E-state index is 11.7. The van der Waals surface area contributed by atoms with Crippen LogP contribution < -0.4 is 10.6 Å². The normalized spacial score (nSPS) is 12.1. The summed E-state index contributed by atoms with van der Waals surface area (Å²) < 4.78 is 0. The van der Waals surface area contributed by atoms with E-state index in [1.165, 1.54) is 5.56 Å². The van der Waals surface area contributed by atoms with Crippen LogP contribution in [0.25, 0.3) is 0 Å². The molecular formula is C15H22N2O2. The van der Waals surface area contributed by atoms with Crippen molar-refractivity contribution in [3.63, 3.8) is 0 Å². The van der Waals surface area contributed by atoms with Crippen molar-refractivity contribution in [2.75, 3.05) is 0 Å². The summed E-state index contributed by atoms with van der Waals surface area (Å²) in [5.74, 6) is -1.19. The Balaban J connectivity index is 2.60. The fourth-order valence-corrected chi connectivity index (χ4v) is 1.72. The number of nitrogens with one attached hydrogen (secondary N) is 2. The van der Waals surface area contributed by atoms with Gasteiger partial charge in [-0.05, 0) is 38.3 Å². The van der Waals surface area contributed by atoms with Crippen LogP contribution in [0.15, 0.2) is 24.3 Å². The molecule has 1 aromatic rings. The lowest BCUT2D eigenvalue weighted by atomic mass is 10.1. The molecule has 0 radical (unpaired) electrons. The van der Waals surface area contributed by atoms with Crippen molar-refractivity contribution in [2.45, 2.75) is 46.2 Å². The van der Waals surface area contributed by atoms with Crippen molar-refractivity contribution in [3.8, 4) is 0 Å². The molecule has 0 aliphatic heterocycles. The fourth-order valence-electron chi connectivity index (χ4n) is 1.72. The minimum absolute atomic E-state index is 0.0441. The third kappa shape index (κ3) is 4.73. The molecule has 0 heterocycles. The topological polar surface area (TPSA) is 58.2 Å². The fraction of sp³-hybridized carbons (Fsp3) is 0.467. The molecule has 0 aliphatic rings. The molecular weight excluding hydrogens is 240 g/mol. The third-order valence-corrected chi connectivity index (χ3v) is 2.86. The molecule has 0 saturated carbocycles. The molecule has 4 heteroatoms. The molecule has 1 aromatic carbocycles. The van der Waals surface area contributed by atoms with Gasteiger partial charge in [0, 0.05) is 6.04 Å². The van der Waals surface area contributed by atoms with Crippen LogP contribution in [-0.4, -0.2) is 17.9 Å². The van der Waals surface area contributed by atoms with E-state index in [4.69, 9.17) is 0 Å². The van der Waals surface area contributed by atoms with Crippen LogP contribution in [-0.2, 0) is 16.0 Å². The minimum atomic E-state index is -0.597. The molecule has 19 heavy (non-hydrogen) atoms. The van der Waals surface area contributed by atoms with Gasteiger partial charge in [0.05, 0.1) is 6.04 Å². The van der Waals surface area contributed by atoms with Crippen molar-refractivity contribution in [1.82, 2.24) is 10.6 Å². The van der Waals surface area contributed by atoms with Gasteiger partial charge in [0.15, 0.2) is 0 Å². The summed E-state index contributed by atoms with van der Waals surface area (Å²) in [7, 11) is 0. The largest absolute Gasteiger partial charge is 0.346 e. The summed E-state index contributed by atoms with van der Waals surface area (Å²) in [6.45, 7) is 7.59. The Morgan fingerprint density at radius 2 is 1.53 bits per heavy atom. The maximum Gasteiger partial charge on any atom is 0.309 e. The number of benzene rings is 1. The van der Waals surface area contributed by atoms with Gasteiger partial charge in [0.1, 0.15) is 0 Å². The van der Waals surface area contributed by atoms with Crippen LogP contribution in [0.5, 0.6) is 0 Å². The number of amides is 2. The van der Waals surface area contributed by atoms with Crippen molar-refractivity contribution >= 4 is 11.8 Å². The highest BCUT2D eigenvalue weighted by Gasteiger charge is 2.17. The Morgan fingerprint density at radius 1 is 1.00 bits per heavy atom. The number of hydrogen-bond donors (Lipinski definition) is 2. The monoisotopic (exact) mass is 262 g/mol. The zero-order valence-corrected chi connectivity index (χ0v) is 12.0. The lowest BCUT2D eigenvalue weighted by Crippen LogP contribution is -2.43. The van der Waals surface area contributed by atoms with Gasteiger partial charge in [0.25, 0.3) is 0 Å². The summed E-state index contributed by atoms with van der Waals surface area (Å²) in [6.07, 6.45) is 0.984. The number of carbonyl (C=O) groups is 2. The molecule has 0 aliphatic carbocycles. The molecule has 0 bridgehead atoms. The van der Waals surface area contributed by atoms with Crippen LogP contribution in [0.1, 0.15) is 44.9 Å². The molecule has 0 fully saturated rings. The number of aryl methyl sites for hydroxylation is 1. The molecule has 1 atom stereocenters. The van der Waals surface area contributed by atoms with Gasteiger partial charge in [0.2, 0.25) is 0 Å². The number of hydrogen-bond acceptors (Lipinski definition) is 2. The number of carbonyl (C=O) groups excluding carboxylic acids is 2. The quantitative estimate of drug-likeness (QED) is 0.815. The third-order valence-electron chi connectivity index (χ3n) is 2.86. The standard InChI is InChI=1S/C15H22N2O2/c1-5-12-6-8-13(9-7-12)11(4)17-15(19)14(18)16-10(2)3/h6-11H,5H2,1-4H3,(H,16,18)(H,17,19). The first-order valence-electron chi connectivity index (χ1n) is 6.64. The van der Waals surface area contributed by atoms with Crippen molar-refractivity contribution in [1.29, 1.82) is 0 Å². The summed E-state index contributed by atoms with van der Waals surface area (Å²) in [5, 5.41) is 5.25. The predicted molar refractivity (Wildman–Crippen MR) is 75.7 cm³/mol. The second kappa shape index (κ2) is 6.92. The summed E-state index contributed by atoms with van der Waals surface area (Å²) in [5.41, 5.74) is 2.24. The Kier molecular flexibility index (Phi) is 5.55. The van der Waals surface area contributed by atoms with E-state index >= 15 is 0 Å². The smallest absolute Gasteiger partial charge is 0.309 e. The van der Waals surface area contributed by atoms with Gasteiger partial charge in [-0.25, -0.2) is 0 Å². The SMILES string of the molecule is CCc1ccc(C(C)NC(=O)C(=O)NC(C)C)cc1. The van der Waals surface area contributed by atoms with E-state index < -0.39 is 11.8 Å². The molecule has 2 amide bonds. The molecule has 0 saturated heterocycles. The van der Waals surface area contributed by atoms with E-state index in [-0.39, 0.29) is 12.1 Å². The first kappa shape index (κ1) is 15.2. The zero-order valence-electron chi connectivity index (χ0n) is 12.0. The molecule has 104 valence electrons. The first-order chi connectivity index (χ1) is 8.93. The molecule has 1 unspecified atom stereocenters. The van der Waals surface area contributed by atoms with Crippen LogP contribution in [0.3, 0.4) is 0 Å². The number of rotatable bonds is 4. The van der Waals surface area contributed by atoms with E-state index in [9.17, 15) is 9.59 Å². The first-order valence-corrected chi connectivity index (χ1v) is 6.64. The highest BCUT2D eigenvalue weighted by atomic mass is 16.2. The van der Waals surface area contributed by atoms with Crippen LogP contribution in [0.2, 0.25) is 0 Å². The average Bonchev–Trinajstić information content (AvgIpc) is 2.37. The van der Waals surface area contributed by atoms with Crippen LogP contribution in [0.4, 0.5) is 0 Å². The van der Waals surface area contributed by atoms with Crippen molar-refractivity contribution in [3.05, 3.63) is 35.4 Å². The Morgan fingerprint density at radius 3 is 2.00 bits per heavy atom. The lowest BCUT2D eigenvalue weighted by molar-refractivity contribution is -0.139. The molecule has 0 aromatic heterocycles. The highest BCUT2D eigenvalue weighted by Crippen LogP contribution is 2.13. The molecule has 1 rings (SSSR count). The summed E-state index contributed by atoms with van der Waals surface area (Å²) >= 11 is 0. The second-order valence-electron chi connectivity index (χ2n) is 4.92. The zero-order chi connectivity index (χ0) is 14.4. The highest BCUT2D eigenvalue weighted by molar-refractivity contribution is 6.35. The Hall–Kier alpha value is -1.84. The van der Waals surface area contributed by atoms with Gasteiger partial charge in [-0.15, -0.1) is 0 Å².